The summed E-state index contributed by atoms with van der Waals surface area (Å²) in [6.07, 6.45) is 0.685. The molecule has 1 amide bonds. The summed E-state index contributed by atoms with van der Waals surface area (Å²) in [6.45, 7) is 0.576. The Kier molecular flexibility index (Phi) is 4.09. The van der Waals surface area contributed by atoms with E-state index in [1.807, 2.05) is 29.6 Å². The van der Waals surface area contributed by atoms with Crippen LogP contribution in [0.1, 0.15) is 17.5 Å². The van der Waals surface area contributed by atoms with E-state index in [0.717, 1.165) is 16.3 Å². The van der Waals surface area contributed by atoms with E-state index in [0.29, 0.717) is 18.5 Å². The first kappa shape index (κ1) is 14.6. The number of carbonyl (C=O) groups excluding carboxylic acids is 1. The minimum Gasteiger partial charge on any atom is -0.392 e. The van der Waals surface area contributed by atoms with Crippen molar-refractivity contribution in [2.45, 2.75) is 19.1 Å². The molecule has 1 fully saturated rings. The monoisotopic (exact) mass is 313 g/mol. The van der Waals surface area contributed by atoms with Crippen molar-refractivity contribution >= 4 is 27.9 Å². The topological polar surface area (TPSA) is 76.4 Å². The van der Waals surface area contributed by atoms with Crippen molar-refractivity contribution in [1.29, 1.82) is 5.26 Å². The van der Waals surface area contributed by atoms with Crippen LogP contribution in [0, 0.1) is 11.3 Å². The molecule has 3 rings (SSSR count). The summed E-state index contributed by atoms with van der Waals surface area (Å²) in [5, 5.41) is 24.0. The number of aliphatic hydroxyl groups excluding tert-OH is 1. The van der Waals surface area contributed by atoms with Gasteiger partial charge in [-0.05, 0) is 35.6 Å². The molecule has 5 nitrogen and oxygen atoms in total. The summed E-state index contributed by atoms with van der Waals surface area (Å²) in [6, 6.07) is 10.9. The van der Waals surface area contributed by atoms with Gasteiger partial charge in [-0.25, -0.2) is 0 Å². The van der Waals surface area contributed by atoms with Crippen LogP contribution in [0.25, 0.3) is 0 Å². The van der Waals surface area contributed by atoms with E-state index in [1.54, 1.807) is 11.0 Å². The number of nitriles is 1. The number of rotatable bonds is 4. The van der Waals surface area contributed by atoms with Crippen LogP contribution in [0.5, 0.6) is 0 Å². The van der Waals surface area contributed by atoms with Crippen molar-refractivity contribution in [3.8, 4) is 6.07 Å². The number of hydrogen-bond acceptors (Lipinski definition) is 5. The van der Waals surface area contributed by atoms with Crippen LogP contribution in [0.2, 0.25) is 0 Å². The number of benzene rings is 1. The number of anilines is 2. The largest absolute Gasteiger partial charge is 0.392 e. The molecule has 0 aliphatic carbocycles. The predicted molar refractivity (Wildman–Crippen MR) is 85.8 cm³/mol. The fourth-order valence-electron chi connectivity index (χ4n) is 2.57. The molecule has 22 heavy (non-hydrogen) atoms. The molecule has 0 bridgehead atoms. The molecule has 1 aliphatic rings. The van der Waals surface area contributed by atoms with Crippen LogP contribution in [-0.4, -0.2) is 23.6 Å². The van der Waals surface area contributed by atoms with Gasteiger partial charge in [0, 0.05) is 12.2 Å². The van der Waals surface area contributed by atoms with Gasteiger partial charge in [0.25, 0.3) is 0 Å². The first-order chi connectivity index (χ1) is 10.7. The highest BCUT2D eigenvalue weighted by atomic mass is 32.1. The Labute approximate surface area is 132 Å². The Hall–Kier alpha value is -2.36. The first-order valence-electron chi connectivity index (χ1n) is 6.98. The lowest BCUT2D eigenvalue weighted by Gasteiger charge is -2.16. The van der Waals surface area contributed by atoms with E-state index < -0.39 is 0 Å². The lowest BCUT2D eigenvalue weighted by Crippen LogP contribution is -2.33. The second kappa shape index (κ2) is 6.18. The van der Waals surface area contributed by atoms with Crippen molar-refractivity contribution in [2.24, 2.45) is 0 Å². The third-order valence-electron chi connectivity index (χ3n) is 3.67. The standard InChI is InChI=1S/C16H15N3O2S/c17-9-12-5-7-22-16(12)19-6-4-14(15(19)21)18-13-3-1-2-11(8-13)10-20/h1-3,5,7-8,14,18,20H,4,6,10H2/t14-/m1/s1. The highest BCUT2D eigenvalue weighted by Gasteiger charge is 2.34. The number of amides is 1. The summed E-state index contributed by atoms with van der Waals surface area (Å²) < 4.78 is 0. The molecule has 6 heteroatoms. The molecule has 2 heterocycles. The van der Waals surface area contributed by atoms with Crippen molar-refractivity contribution in [3.63, 3.8) is 0 Å². The van der Waals surface area contributed by atoms with Gasteiger partial charge in [0.2, 0.25) is 5.91 Å². The Morgan fingerprint density at radius 2 is 2.32 bits per heavy atom. The Bertz CT molecular complexity index is 735. The number of nitrogens with zero attached hydrogens (tertiary/aromatic N) is 2. The summed E-state index contributed by atoms with van der Waals surface area (Å²) >= 11 is 1.41. The molecule has 1 aromatic carbocycles. The van der Waals surface area contributed by atoms with Gasteiger partial charge in [-0.15, -0.1) is 11.3 Å². The highest BCUT2D eigenvalue weighted by molar-refractivity contribution is 7.14. The van der Waals surface area contributed by atoms with Gasteiger partial charge < -0.3 is 15.3 Å². The maximum Gasteiger partial charge on any atom is 0.250 e. The van der Waals surface area contributed by atoms with Crippen LogP contribution >= 0.6 is 11.3 Å². The molecule has 2 N–H and O–H groups in total. The predicted octanol–water partition coefficient (Wildman–Crippen LogP) is 2.33. The van der Waals surface area contributed by atoms with Crippen LogP contribution in [-0.2, 0) is 11.4 Å². The number of thiophene rings is 1. The molecule has 112 valence electrons. The Morgan fingerprint density at radius 3 is 3.09 bits per heavy atom. The second-order valence-corrected chi connectivity index (χ2v) is 5.98. The lowest BCUT2D eigenvalue weighted by atomic mass is 10.2. The molecule has 0 saturated carbocycles. The third-order valence-corrected chi connectivity index (χ3v) is 4.60. The van der Waals surface area contributed by atoms with E-state index in [9.17, 15) is 4.79 Å². The molecule has 0 radical (unpaired) electrons. The molecule has 1 saturated heterocycles. The summed E-state index contributed by atoms with van der Waals surface area (Å²) in [7, 11) is 0. The van der Waals surface area contributed by atoms with Crippen molar-refractivity contribution in [3.05, 3.63) is 46.8 Å². The average Bonchev–Trinajstić information content (AvgIpc) is 3.14. The van der Waals surface area contributed by atoms with Crippen LogP contribution in [0.3, 0.4) is 0 Å². The number of aliphatic hydroxyl groups is 1. The molecule has 0 unspecified atom stereocenters. The fourth-order valence-corrected chi connectivity index (χ4v) is 3.45. The molecule has 1 aliphatic heterocycles. The molecule has 1 aromatic heterocycles. The van der Waals surface area contributed by atoms with Crippen LogP contribution in [0.4, 0.5) is 10.7 Å². The van der Waals surface area contributed by atoms with Gasteiger partial charge in [0.1, 0.15) is 17.1 Å². The normalized spacial score (nSPS) is 17.5. The van der Waals surface area contributed by atoms with E-state index in [-0.39, 0.29) is 18.6 Å². The smallest absolute Gasteiger partial charge is 0.250 e. The molecule has 2 aromatic rings. The molecule has 1 atom stereocenters. The second-order valence-electron chi connectivity index (χ2n) is 5.09. The average molecular weight is 313 g/mol. The van der Waals surface area contributed by atoms with Gasteiger partial charge in [-0.2, -0.15) is 5.26 Å². The molecular weight excluding hydrogens is 298 g/mol. The van der Waals surface area contributed by atoms with E-state index in [2.05, 4.69) is 11.4 Å². The third kappa shape index (κ3) is 2.69. The van der Waals surface area contributed by atoms with E-state index >= 15 is 0 Å². The van der Waals surface area contributed by atoms with Crippen LogP contribution < -0.4 is 10.2 Å². The number of nitrogens with one attached hydrogen (secondary N) is 1. The Morgan fingerprint density at radius 1 is 1.45 bits per heavy atom. The van der Waals surface area contributed by atoms with Gasteiger partial charge in [-0.1, -0.05) is 12.1 Å². The summed E-state index contributed by atoms with van der Waals surface area (Å²) in [5.41, 5.74) is 2.16. The quantitative estimate of drug-likeness (QED) is 0.908. The highest BCUT2D eigenvalue weighted by Crippen LogP contribution is 2.31. The number of carbonyl (C=O) groups is 1. The van der Waals surface area contributed by atoms with Crippen molar-refractivity contribution < 1.29 is 9.90 Å². The zero-order valence-corrected chi connectivity index (χ0v) is 12.6. The zero-order valence-electron chi connectivity index (χ0n) is 11.8. The van der Waals surface area contributed by atoms with Crippen molar-refractivity contribution in [2.75, 3.05) is 16.8 Å². The maximum atomic E-state index is 12.5. The van der Waals surface area contributed by atoms with Crippen LogP contribution in [0.15, 0.2) is 35.7 Å². The van der Waals surface area contributed by atoms with Gasteiger partial charge in [-0.3, -0.25) is 4.79 Å². The van der Waals surface area contributed by atoms with Gasteiger partial charge >= 0.3 is 0 Å². The first-order valence-corrected chi connectivity index (χ1v) is 7.86. The lowest BCUT2D eigenvalue weighted by molar-refractivity contribution is -0.117. The Balaban J connectivity index is 1.75. The van der Waals surface area contributed by atoms with Crippen molar-refractivity contribution in [1.82, 2.24) is 0 Å². The minimum atomic E-state index is -0.303. The van der Waals surface area contributed by atoms with Gasteiger partial charge in [0.15, 0.2) is 0 Å². The minimum absolute atomic E-state index is 0.0200. The maximum absolute atomic E-state index is 12.5. The molecule has 0 spiro atoms. The van der Waals surface area contributed by atoms with E-state index in [1.165, 1.54) is 11.3 Å². The SMILES string of the molecule is N#Cc1ccsc1N1CC[C@@H](Nc2cccc(CO)c2)C1=O. The zero-order chi connectivity index (χ0) is 15.5. The van der Waals surface area contributed by atoms with Gasteiger partial charge in [0.05, 0.1) is 12.2 Å². The summed E-state index contributed by atoms with van der Waals surface area (Å²) in [5.74, 6) is -0.0200. The summed E-state index contributed by atoms with van der Waals surface area (Å²) in [4.78, 5) is 14.2. The van der Waals surface area contributed by atoms with E-state index in [4.69, 9.17) is 10.4 Å². The molecular formula is C16H15N3O2S. The number of hydrogen-bond donors (Lipinski definition) is 2. The fraction of sp³-hybridized carbons (Fsp3) is 0.250.